The third-order valence-electron chi connectivity index (χ3n) is 4.72. The molecular weight excluding hydrogens is 519 g/mol. The molecule has 4 rings (SSSR count). The molecule has 0 atom stereocenters. The fourth-order valence-electron chi connectivity index (χ4n) is 3.08. The first-order valence-electron chi connectivity index (χ1n) is 9.80. The Balaban J connectivity index is 1.41. The minimum atomic E-state index is -0.132. The maximum Gasteiger partial charge on any atom is 0.264 e. The number of nitrogens with zero attached hydrogens (tertiary/aromatic N) is 1. The van der Waals surface area contributed by atoms with Gasteiger partial charge in [-0.25, -0.2) is 4.99 Å². The Morgan fingerprint density at radius 3 is 2.48 bits per heavy atom. The van der Waals surface area contributed by atoms with E-state index in [1.54, 1.807) is 0 Å². The maximum atomic E-state index is 12.4. The molecule has 1 heterocycles. The fraction of sp³-hybridized carbons (Fsp3) is 0.120. The molecule has 6 heteroatoms. The number of thioether (sulfide) groups is 1. The van der Waals surface area contributed by atoms with Crippen LogP contribution >= 0.6 is 34.4 Å². The van der Waals surface area contributed by atoms with E-state index in [0.29, 0.717) is 16.7 Å². The summed E-state index contributed by atoms with van der Waals surface area (Å²) in [6, 6.07) is 22.1. The van der Waals surface area contributed by atoms with Crippen LogP contribution in [0.15, 0.2) is 76.6 Å². The van der Waals surface area contributed by atoms with Gasteiger partial charge in [-0.3, -0.25) is 4.79 Å². The van der Waals surface area contributed by atoms with Crippen molar-refractivity contribution in [1.29, 1.82) is 0 Å². The van der Waals surface area contributed by atoms with E-state index in [4.69, 9.17) is 4.74 Å². The van der Waals surface area contributed by atoms with Crippen LogP contribution in [-0.4, -0.2) is 11.1 Å². The van der Waals surface area contributed by atoms with Gasteiger partial charge in [-0.05, 0) is 101 Å². The Bertz CT molecular complexity index is 1170. The number of hydrogen-bond donors (Lipinski definition) is 1. The van der Waals surface area contributed by atoms with Gasteiger partial charge in [-0.2, -0.15) is 0 Å². The second-order valence-electron chi connectivity index (χ2n) is 7.26. The number of amidine groups is 1. The van der Waals surface area contributed by atoms with Gasteiger partial charge in [0, 0.05) is 3.57 Å². The Morgan fingerprint density at radius 1 is 1.03 bits per heavy atom. The van der Waals surface area contributed by atoms with Crippen LogP contribution in [0.25, 0.3) is 6.08 Å². The number of aliphatic imine (C=N–C) groups is 1. The summed E-state index contributed by atoms with van der Waals surface area (Å²) in [6.07, 6.45) is 1.87. The Labute approximate surface area is 200 Å². The molecule has 0 aliphatic carbocycles. The van der Waals surface area contributed by atoms with Gasteiger partial charge in [-0.1, -0.05) is 42.0 Å². The first-order valence-corrected chi connectivity index (χ1v) is 11.7. The predicted octanol–water partition coefficient (Wildman–Crippen LogP) is 6.38. The van der Waals surface area contributed by atoms with Gasteiger partial charge in [0.2, 0.25) is 0 Å². The highest BCUT2D eigenvalue weighted by molar-refractivity contribution is 14.1. The highest BCUT2D eigenvalue weighted by atomic mass is 127. The standard InChI is InChI=1S/C25H21IN2O2S/c1-16-3-12-22(17(2)13-16)27-25-28-24(29)23(31-25)14-18-6-10-21(11-7-18)30-15-19-4-8-20(26)9-5-19/h3-14H,15H2,1-2H3,(H,27,28,29)/b23-14-. The van der Waals surface area contributed by atoms with Crippen molar-refractivity contribution < 1.29 is 9.53 Å². The Hall–Kier alpha value is -2.58. The van der Waals surface area contributed by atoms with Crippen molar-refractivity contribution in [3.05, 3.63) is 97.5 Å². The first-order chi connectivity index (χ1) is 15.0. The van der Waals surface area contributed by atoms with Gasteiger partial charge in [0.25, 0.3) is 5.91 Å². The highest BCUT2D eigenvalue weighted by Crippen LogP contribution is 2.29. The van der Waals surface area contributed by atoms with Crippen LogP contribution in [0, 0.1) is 17.4 Å². The zero-order chi connectivity index (χ0) is 21.8. The van der Waals surface area contributed by atoms with Gasteiger partial charge >= 0.3 is 0 Å². The van der Waals surface area contributed by atoms with Crippen molar-refractivity contribution in [2.45, 2.75) is 20.5 Å². The molecule has 0 saturated carbocycles. The van der Waals surface area contributed by atoms with E-state index in [2.05, 4.69) is 70.2 Å². The lowest BCUT2D eigenvalue weighted by molar-refractivity contribution is -0.115. The van der Waals surface area contributed by atoms with Crippen LogP contribution in [0.5, 0.6) is 5.75 Å². The van der Waals surface area contributed by atoms with Crippen molar-refractivity contribution in [3.8, 4) is 5.75 Å². The summed E-state index contributed by atoms with van der Waals surface area (Å²) in [5.74, 6) is 0.661. The van der Waals surface area contributed by atoms with E-state index in [1.165, 1.54) is 20.9 Å². The lowest BCUT2D eigenvalue weighted by Gasteiger charge is -2.07. The van der Waals surface area contributed by atoms with Crippen molar-refractivity contribution >= 4 is 57.2 Å². The van der Waals surface area contributed by atoms with Crippen molar-refractivity contribution in [1.82, 2.24) is 5.32 Å². The normalized spacial score (nSPS) is 16.0. The van der Waals surface area contributed by atoms with E-state index in [9.17, 15) is 4.79 Å². The number of rotatable bonds is 5. The molecule has 4 nitrogen and oxygen atoms in total. The molecule has 0 bridgehead atoms. The number of aryl methyl sites for hydroxylation is 2. The second kappa shape index (κ2) is 9.70. The molecule has 1 saturated heterocycles. The quantitative estimate of drug-likeness (QED) is 0.302. The summed E-state index contributed by atoms with van der Waals surface area (Å²) in [4.78, 5) is 17.6. The average molecular weight is 540 g/mol. The monoisotopic (exact) mass is 540 g/mol. The van der Waals surface area contributed by atoms with E-state index >= 15 is 0 Å². The number of carbonyl (C=O) groups excluding carboxylic acids is 1. The zero-order valence-corrected chi connectivity index (χ0v) is 20.2. The lowest BCUT2D eigenvalue weighted by Crippen LogP contribution is -2.19. The fourth-order valence-corrected chi connectivity index (χ4v) is 4.27. The van der Waals surface area contributed by atoms with Gasteiger partial charge in [0.15, 0.2) is 5.17 Å². The minimum absolute atomic E-state index is 0.132. The number of hydrogen-bond acceptors (Lipinski definition) is 4. The van der Waals surface area contributed by atoms with E-state index in [-0.39, 0.29) is 5.91 Å². The summed E-state index contributed by atoms with van der Waals surface area (Å²) >= 11 is 3.64. The third-order valence-corrected chi connectivity index (χ3v) is 6.35. The third kappa shape index (κ3) is 5.77. The van der Waals surface area contributed by atoms with Gasteiger partial charge in [0.1, 0.15) is 12.4 Å². The molecule has 3 aromatic carbocycles. The number of nitrogens with one attached hydrogen (secondary N) is 1. The van der Waals surface area contributed by atoms with E-state index < -0.39 is 0 Å². The van der Waals surface area contributed by atoms with E-state index in [1.807, 2.05) is 49.4 Å². The Kier molecular flexibility index (Phi) is 6.77. The average Bonchev–Trinajstić information content (AvgIpc) is 3.09. The maximum absolute atomic E-state index is 12.4. The number of amides is 1. The number of carbonyl (C=O) groups is 1. The first kappa shape index (κ1) is 21.6. The topological polar surface area (TPSA) is 50.7 Å². The molecule has 156 valence electrons. The van der Waals surface area contributed by atoms with Gasteiger partial charge in [-0.15, -0.1) is 0 Å². The molecular formula is C25H21IN2O2S. The summed E-state index contributed by atoms with van der Waals surface area (Å²) < 4.78 is 7.06. The smallest absolute Gasteiger partial charge is 0.264 e. The molecule has 0 spiro atoms. The summed E-state index contributed by atoms with van der Waals surface area (Å²) in [6.45, 7) is 4.59. The largest absolute Gasteiger partial charge is 0.489 e. The number of benzene rings is 3. The molecule has 3 aromatic rings. The van der Waals surface area contributed by atoms with Crippen LogP contribution in [0.3, 0.4) is 0 Å². The molecule has 0 unspecified atom stereocenters. The Morgan fingerprint density at radius 2 is 1.77 bits per heavy atom. The van der Waals surface area contributed by atoms with Crippen molar-refractivity contribution in [2.24, 2.45) is 4.99 Å². The molecule has 1 N–H and O–H groups in total. The van der Waals surface area contributed by atoms with Crippen molar-refractivity contribution in [3.63, 3.8) is 0 Å². The van der Waals surface area contributed by atoms with Crippen LogP contribution in [0.4, 0.5) is 5.69 Å². The van der Waals surface area contributed by atoms with Crippen LogP contribution in [0.1, 0.15) is 22.3 Å². The zero-order valence-electron chi connectivity index (χ0n) is 17.2. The summed E-state index contributed by atoms with van der Waals surface area (Å²) in [7, 11) is 0. The second-order valence-corrected chi connectivity index (χ2v) is 9.53. The van der Waals surface area contributed by atoms with Crippen LogP contribution in [0.2, 0.25) is 0 Å². The van der Waals surface area contributed by atoms with Gasteiger partial charge < -0.3 is 10.1 Å². The molecule has 1 fully saturated rings. The lowest BCUT2D eigenvalue weighted by atomic mass is 10.1. The van der Waals surface area contributed by atoms with Crippen molar-refractivity contribution in [2.75, 3.05) is 0 Å². The summed E-state index contributed by atoms with van der Waals surface area (Å²) in [5, 5.41) is 3.45. The minimum Gasteiger partial charge on any atom is -0.489 e. The van der Waals surface area contributed by atoms with Crippen LogP contribution < -0.4 is 10.1 Å². The SMILES string of the molecule is Cc1ccc(N=C2NC(=O)/C(=C/c3ccc(OCc4ccc(I)cc4)cc3)S2)c(C)c1. The van der Waals surface area contributed by atoms with E-state index in [0.717, 1.165) is 28.1 Å². The number of ether oxygens (including phenoxy) is 1. The molecule has 1 aliphatic heterocycles. The van der Waals surface area contributed by atoms with Crippen LogP contribution in [-0.2, 0) is 11.4 Å². The molecule has 0 radical (unpaired) electrons. The van der Waals surface area contributed by atoms with Gasteiger partial charge in [0.05, 0.1) is 10.6 Å². The number of halogens is 1. The molecule has 1 aliphatic rings. The molecule has 31 heavy (non-hydrogen) atoms. The predicted molar refractivity (Wildman–Crippen MR) is 137 cm³/mol. The highest BCUT2D eigenvalue weighted by Gasteiger charge is 2.23. The molecule has 0 aromatic heterocycles. The summed E-state index contributed by atoms with van der Waals surface area (Å²) in [5.41, 5.74) is 5.20. The molecule has 1 amide bonds.